The Balaban J connectivity index is 2.83. The lowest BCUT2D eigenvalue weighted by molar-refractivity contribution is -0.384. The molecule has 0 N–H and O–H groups in total. The molecule has 0 radical (unpaired) electrons. The molecule has 90 valence electrons. The number of amides is 1. The predicted molar refractivity (Wildman–Crippen MR) is 68.7 cm³/mol. The summed E-state index contributed by atoms with van der Waals surface area (Å²) in [6.45, 7) is 3.73. The Morgan fingerprint density at radius 2 is 2.00 bits per heavy atom. The largest absolute Gasteiger partial charge is 0.277 e. The number of non-ortho nitro benzene ring substituents is 1. The first kappa shape index (κ1) is 13.4. The van der Waals surface area contributed by atoms with Crippen LogP contribution in [0.2, 0.25) is 0 Å². The first-order valence-corrected chi connectivity index (χ1v) is 6.00. The van der Waals surface area contributed by atoms with Crippen molar-refractivity contribution < 1.29 is 9.72 Å². The van der Waals surface area contributed by atoms with Crippen LogP contribution in [0.4, 0.5) is 5.69 Å². The van der Waals surface area contributed by atoms with Gasteiger partial charge in [0.25, 0.3) is 11.6 Å². The van der Waals surface area contributed by atoms with E-state index < -0.39 is 4.92 Å². The van der Waals surface area contributed by atoms with Crippen LogP contribution in [0.5, 0.6) is 0 Å². The fourth-order valence-electron chi connectivity index (χ4n) is 1.17. The molecular weight excluding hydrogens is 240 g/mol. The number of aliphatic imine (C=N–C) groups is 1. The molecule has 1 amide bonds. The Hall–Kier alpha value is -1.69. The van der Waals surface area contributed by atoms with Crippen molar-refractivity contribution >= 4 is 28.4 Å². The predicted octanol–water partition coefficient (Wildman–Crippen LogP) is 2.91. The molecule has 0 aliphatic carbocycles. The van der Waals surface area contributed by atoms with E-state index in [-0.39, 0.29) is 11.6 Å². The topological polar surface area (TPSA) is 72.6 Å². The van der Waals surface area contributed by atoms with Crippen LogP contribution in [0.1, 0.15) is 24.2 Å². The van der Waals surface area contributed by atoms with Crippen molar-refractivity contribution in [1.29, 1.82) is 0 Å². The molecule has 0 unspecified atom stereocenters. The fraction of sp³-hybridized carbons (Fsp3) is 0.273. The second-order valence-electron chi connectivity index (χ2n) is 3.17. The number of hydrogen-bond acceptors (Lipinski definition) is 4. The number of nitro benzene ring substituents is 1. The van der Waals surface area contributed by atoms with E-state index >= 15 is 0 Å². The van der Waals surface area contributed by atoms with Crippen molar-refractivity contribution in [1.82, 2.24) is 0 Å². The number of hydrogen-bond donors (Lipinski definition) is 0. The van der Waals surface area contributed by atoms with Gasteiger partial charge in [-0.15, -0.1) is 11.8 Å². The Kier molecular flexibility index (Phi) is 4.84. The highest BCUT2D eigenvalue weighted by atomic mass is 32.2. The van der Waals surface area contributed by atoms with Crippen LogP contribution in [-0.4, -0.2) is 21.6 Å². The van der Waals surface area contributed by atoms with Gasteiger partial charge >= 0.3 is 0 Å². The highest BCUT2D eigenvalue weighted by molar-refractivity contribution is 8.13. The molecule has 1 aromatic carbocycles. The van der Waals surface area contributed by atoms with Crippen molar-refractivity contribution in [2.45, 2.75) is 13.8 Å². The van der Waals surface area contributed by atoms with Crippen LogP contribution in [0.15, 0.2) is 29.3 Å². The summed E-state index contributed by atoms with van der Waals surface area (Å²) in [7, 11) is 0. The lowest BCUT2D eigenvalue weighted by Gasteiger charge is -1.98. The van der Waals surface area contributed by atoms with Gasteiger partial charge in [0.05, 0.1) is 9.97 Å². The van der Waals surface area contributed by atoms with Gasteiger partial charge in [0, 0.05) is 17.7 Å². The third kappa shape index (κ3) is 3.99. The van der Waals surface area contributed by atoms with Crippen molar-refractivity contribution in [2.75, 3.05) is 5.75 Å². The van der Waals surface area contributed by atoms with E-state index in [0.29, 0.717) is 10.6 Å². The molecule has 1 rings (SSSR count). The minimum absolute atomic E-state index is 0.0369. The average Bonchev–Trinajstić information content (AvgIpc) is 2.29. The zero-order valence-electron chi connectivity index (χ0n) is 9.54. The standard InChI is InChI=1S/C11H12N2O3S/c1-3-17-8(2)12-11(14)9-4-6-10(7-5-9)13(15)16/h4-7H,3H2,1-2H3. The molecule has 0 saturated heterocycles. The van der Waals surface area contributed by atoms with Gasteiger partial charge in [-0.3, -0.25) is 14.9 Å². The lowest BCUT2D eigenvalue weighted by atomic mass is 10.2. The molecular formula is C11H12N2O3S. The summed E-state index contributed by atoms with van der Waals surface area (Å²) in [4.78, 5) is 25.5. The van der Waals surface area contributed by atoms with Crippen molar-refractivity contribution in [2.24, 2.45) is 4.99 Å². The molecule has 0 atom stereocenters. The lowest BCUT2D eigenvalue weighted by Crippen LogP contribution is -1.99. The zero-order valence-corrected chi connectivity index (χ0v) is 10.4. The average molecular weight is 252 g/mol. The number of nitrogens with zero attached hydrogens (tertiary/aromatic N) is 2. The van der Waals surface area contributed by atoms with Crippen LogP contribution in [0, 0.1) is 10.1 Å². The number of carbonyl (C=O) groups is 1. The van der Waals surface area contributed by atoms with Gasteiger partial charge in [0.15, 0.2) is 0 Å². The monoisotopic (exact) mass is 252 g/mol. The first-order chi connectivity index (χ1) is 8.04. The van der Waals surface area contributed by atoms with E-state index in [1.54, 1.807) is 6.92 Å². The van der Waals surface area contributed by atoms with Gasteiger partial charge in [-0.2, -0.15) is 0 Å². The summed E-state index contributed by atoms with van der Waals surface area (Å²) >= 11 is 1.48. The Morgan fingerprint density at radius 1 is 1.41 bits per heavy atom. The van der Waals surface area contributed by atoms with Gasteiger partial charge in [-0.1, -0.05) is 6.92 Å². The number of thioether (sulfide) groups is 1. The number of carbonyl (C=O) groups excluding carboxylic acids is 1. The normalized spacial score (nSPS) is 11.3. The molecule has 0 saturated carbocycles. The molecule has 0 aliphatic heterocycles. The Morgan fingerprint density at radius 3 is 2.47 bits per heavy atom. The van der Waals surface area contributed by atoms with E-state index in [0.717, 1.165) is 5.75 Å². The van der Waals surface area contributed by atoms with Gasteiger partial charge in [-0.25, -0.2) is 4.99 Å². The Labute approximate surface area is 103 Å². The summed E-state index contributed by atoms with van der Waals surface area (Å²) in [5.41, 5.74) is 0.317. The fourth-order valence-corrected chi connectivity index (χ4v) is 1.74. The molecule has 0 heterocycles. The highest BCUT2D eigenvalue weighted by Gasteiger charge is 2.08. The van der Waals surface area contributed by atoms with Crippen LogP contribution >= 0.6 is 11.8 Å². The van der Waals surface area contributed by atoms with Crippen LogP contribution in [0.25, 0.3) is 0 Å². The SMILES string of the molecule is CCSC(C)=NC(=O)c1ccc([N+](=O)[O-])cc1. The quantitative estimate of drug-likeness (QED) is 0.359. The third-order valence-electron chi connectivity index (χ3n) is 1.94. The molecule has 17 heavy (non-hydrogen) atoms. The summed E-state index contributed by atoms with van der Waals surface area (Å²) < 4.78 is 0. The maximum Gasteiger partial charge on any atom is 0.277 e. The van der Waals surface area contributed by atoms with Crippen LogP contribution in [-0.2, 0) is 0 Å². The number of benzene rings is 1. The Bertz CT molecular complexity index is 454. The van der Waals surface area contributed by atoms with Gasteiger partial charge in [0.1, 0.15) is 0 Å². The molecule has 1 aromatic rings. The summed E-state index contributed by atoms with van der Waals surface area (Å²) in [5.74, 6) is 0.474. The van der Waals surface area contributed by atoms with Crippen LogP contribution in [0.3, 0.4) is 0 Å². The molecule has 0 fully saturated rings. The molecule has 0 bridgehead atoms. The molecule has 0 aliphatic rings. The third-order valence-corrected chi connectivity index (χ3v) is 2.74. The second-order valence-corrected chi connectivity index (χ2v) is 4.63. The smallest absolute Gasteiger partial charge is 0.267 e. The number of nitro groups is 1. The summed E-state index contributed by atoms with van der Waals surface area (Å²) in [5, 5.41) is 11.1. The van der Waals surface area contributed by atoms with Crippen LogP contribution < -0.4 is 0 Å². The molecule has 0 spiro atoms. The first-order valence-electron chi connectivity index (χ1n) is 5.01. The van der Waals surface area contributed by atoms with E-state index in [1.165, 1.54) is 36.0 Å². The maximum absolute atomic E-state index is 11.6. The zero-order chi connectivity index (χ0) is 12.8. The summed E-state index contributed by atoms with van der Waals surface area (Å²) in [6.07, 6.45) is 0. The highest BCUT2D eigenvalue weighted by Crippen LogP contribution is 2.13. The van der Waals surface area contributed by atoms with Gasteiger partial charge in [-0.05, 0) is 24.8 Å². The van der Waals surface area contributed by atoms with Crippen molar-refractivity contribution in [3.63, 3.8) is 0 Å². The molecule has 0 aromatic heterocycles. The maximum atomic E-state index is 11.6. The van der Waals surface area contributed by atoms with Gasteiger partial charge < -0.3 is 0 Å². The molecule has 6 heteroatoms. The van der Waals surface area contributed by atoms with Crippen molar-refractivity contribution in [3.05, 3.63) is 39.9 Å². The number of rotatable bonds is 3. The minimum atomic E-state index is -0.504. The van der Waals surface area contributed by atoms with Crippen molar-refractivity contribution in [3.8, 4) is 0 Å². The van der Waals surface area contributed by atoms with E-state index in [4.69, 9.17) is 0 Å². The summed E-state index contributed by atoms with van der Waals surface area (Å²) in [6, 6.07) is 5.41. The van der Waals surface area contributed by atoms with E-state index in [9.17, 15) is 14.9 Å². The van der Waals surface area contributed by atoms with E-state index in [2.05, 4.69) is 4.99 Å². The minimum Gasteiger partial charge on any atom is -0.267 e. The second kappa shape index (κ2) is 6.15. The van der Waals surface area contributed by atoms with Gasteiger partial charge in [0.2, 0.25) is 0 Å². The molecule has 5 nitrogen and oxygen atoms in total. The van der Waals surface area contributed by atoms with E-state index in [1.807, 2.05) is 6.92 Å².